The van der Waals surface area contributed by atoms with Gasteiger partial charge in [-0.05, 0) is 43.5 Å². The molecule has 9 heteroatoms. The SMILES string of the molecule is CCOC(=O)C(Cc1ccc(Br)cc1)CP(=O)(O)C(C)NC(=O)OCc1ccccc1. The molecule has 2 N–H and O–H groups in total. The highest BCUT2D eigenvalue weighted by Gasteiger charge is 2.35. The number of hydrogen-bond acceptors (Lipinski definition) is 5. The van der Waals surface area contributed by atoms with Gasteiger partial charge in [-0.3, -0.25) is 9.36 Å². The Morgan fingerprint density at radius 3 is 2.32 bits per heavy atom. The van der Waals surface area contributed by atoms with Crippen LogP contribution in [0.25, 0.3) is 0 Å². The first kappa shape index (κ1) is 25.1. The summed E-state index contributed by atoms with van der Waals surface area (Å²) >= 11 is 3.36. The van der Waals surface area contributed by atoms with E-state index in [2.05, 4.69) is 21.2 Å². The molecule has 0 bridgehead atoms. The van der Waals surface area contributed by atoms with E-state index in [-0.39, 0.29) is 25.8 Å². The normalized spacial score (nSPS) is 14.7. The van der Waals surface area contributed by atoms with E-state index in [1.807, 2.05) is 42.5 Å². The summed E-state index contributed by atoms with van der Waals surface area (Å²) in [5.41, 5.74) is 1.64. The van der Waals surface area contributed by atoms with Crippen LogP contribution in [0, 0.1) is 5.92 Å². The highest BCUT2D eigenvalue weighted by molar-refractivity contribution is 9.10. The number of esters is 1. The largest absolute Gasteiger partial charge is 0.466 e. The molecular weight excluding hydrogens is 485 g/mol. The van der Waals surface area contributed by atoms with Crippen molar-refractivity contribution in [1.29, 1.82) is 0 Å². The van der Waals surface area contributed by atoms with Crippen LogP contribution >= 0.6 is 23.3 Å². The fourth-order valence-corrected chi connectivity index (χ4v) is 4.70. The Morgan fingerprint density at radius 1 is 1.06 bits per heavy atom. The Hall–Kier alpha value is -2.15. The van der Waals surface area contributed by atoms with E-state index in [9.17, 15) is 19.0 Å². The van der Waals surface area contributed by atoms with Gasteiger partial charge in [-0.2, -0.15) is 0 Å². The average Bonchev–Trinajstić information content (AvgIpc) is 2.74. The molecule has 0 aliphatic rings. The third-order valence-corrected chi connectivity index (χ3v) is 7.47. The lowest BCUT2D eigenvalue weighted by Gasteiger charge is -2.24. The van der Waals surface area contributed by atoms with Crippen LogP contribution in [0.4, 0.5) is 4.79 Å². The minimum absolute atomic E-state index is 0.0458. The molecular formula is C22H27BrNO6P. The molecule has 2 aromatic rings. The van der Waals surface area contributed by atoms with Gasteiger partial charge in [0, 0.05) is 10.6 Å². The smallest absolute Gasteiger partial charge is 0.408 e. The summed E-state index contributed by atoms with van der Waals surface area (Å²) in [5.74, 6) is -2.45. The van der Waals surface area contributed by atoms with Crippen LogP contribution < -0.4 is 5.32 Å². The third-order valence-electron chi connectivity index (χ3n) is 4.64. The van der Waals surface area contributed by atoms with Crippen LogP contribution in [-0.2, 0) is 31.9 Å². The molecule has 168 valence electrons. The zero-order valence-electron chi connectivity index (χ0n) is 17.5. The van der Waals surface area contributed by atoms with Gasteiger partial charge >= 0.3 is 12.1 Å². The van der Waals surface area contributed by atoms with Crippen molar-refractivity contribution in [3.8, 4) is 0 Å². The standard InChI is InChI=1S/C22H27BrNO6P/c1-3-29-21(25)19(13-17-9-11-20(23)12-10-17)15-31(27,28)16(2)24-22(26)30-14-18-7-5-4-6-8-18/h4-12,16,19H,3,13-15H2,1-2H3,(H,24,26)(H,27,28). The Morgan fingerprint density at radius 2 is 1.71 bits per heavy atom. The molecule has 2 rings (SSSR count). The molecule has 0 aliphatic heterocycles. The van der Waals surface area contributed by atoms with E-state index in [0.29, 0.717) is 0 Å². The van der Waals surface area contributed by atoms with Crippen LogP contribution in [0.3, 0.4) is 0 Å². The molecule has 0 aliphatic carbocycles. The maximum atomic E-state index is 13.0. The average molecular weight is 512 g/mol. The minimum atomic E-state index is -3.94. The van der Waals surface area contributed by atoms with Gasteiger partial charge < -0.3 is 19.7 Å². The number of carbonyl (C=O) groups is 2. The highest BCUT2D eigenvalue weighted by atomic mass is 79.9. The van der Waals surface area contributed by atoms with Gasteiger partial charge in [0.25, 0.3) is 0 Å². The second-order valence-electron chi connectivity index (χ2n) is 7.10. The van der Waals surface area contributed by atoms with Crippen LogP contribution in [0.2, 0.25) is 0 Å². The van der Waals surface area contributed by atoms with Crippen molar-refractivity contribution < 1.29 is 28.5 Å². The van der Waals surface area contributed by atoms with E-state index in [0.717, 1.165) is 15.6 Å². The van der Waals surface area contributed by atoms with Crippen molar-refractivity contribution >= 4 is 35.4 Å². The number of hydrogen-bond donors (Lipinski definition) is 2. The molecule has 0 spiro atoms. The van der Waals surface area contributed by atoms with Crippen LogP contribution in [0.5, 0.6) is 0 Å². The summed E-state index contributed by atoms with van der Waals surface area (Å²) in [6.45, 7) is 3.32. The molecule has 1 amide bonds. The number of halogens is 1. The molecule has 0 saturated heterocycles. The monoisotopic (exact) mass is 511 g/mol. The van der Waals surface area contributed by atoms with Gasteiger partial charge in [0.15, 0.2) is 0 Å². The van der Waals surface area contributed by atoms with Crippen molar-refractivity contribution in [2.24, 2.45) is 5.92 Å². The van der Waals surface area contributed by atoms with Gasteiger partial charge in [-0.15, -0.1) is 0 Å². The van der Waals surface area contributed by atoms with Gasteiger partial charge in [0.1, 0.15) is 12.4 Å². The van der Waals surface area contributed by atoms with Crippen LogP contribution in [0.15, 0.2) is 59.1 Å². The molecule has 0 heterocycles. The summed E-state index contributed by atoms with van der Waals surface area (Å²) in [6, 6.07) is 16.4. The molecule has 3 unspecified atom stereocenters. The predicted octanol–water partition coefficient (Wildman–Crippen LogP) is 4.71. The first-order valence-corrected chi connectivity index (χ1v) is 12.6. The predicted molar refractivity (Wildman–Crippen MR) is 122 cm³/mol. The van der Waals surface area contributed by atoms with Crippen LogP contribution in [-0.4, -0.2) is 35.5 Å². The second kappa shape index (κ2) is 12.0. The highest BCUT2D eigenvalue weighted by Crippen LogP contribution is 2.47. The maximum absolute atomic E-state index is 13.0. The summed E-state index contributed by atoms with van der Waals surface area (Å²) in [5, 5.41) is 2.41. The zero-order chi connectivity index (χ0) is 22.9. The lowest BCUT2D eigenvalue weighted by molar-refractivity contribution is -0.147. The number of nitrogens with one attached hydrogen (secondary N) is 1. The lowest BCUT2D eigenvalue weighted by atomic mass is 10.0. The fourth-order valence-electron chi connectivity index (χ4n) is 2.90. The Bertz CT molecular complexity index is 906. The lowest BCUT2D eigenvalue weighted by Crippen LogP contribution is -2.35. The van der Waals surface area contributed by atoms with E-state index < -0.39 is 31.1 Å². The zero-order valence-corrected chi connectivity index (χ0v) is 20.0. The van der Waals surface area contributed by atoms with Crippen molar-refractivity contribution in [3.63, 3.8) is 0 Å². The molecule has 31 heavy (non-hydrogen) atoms. The second-order valence-corrected chi connectivity index (χ2v) is 10.7. The van der Waals surface area contributed by atoms with Crippen molar-refractivity contribution in [1.82, 2.24) is 5.32 Å². The number of carbonyl (C=O) groups excluding carboxylic acids is 2. The molecule has 2 aromatic carbocycles. The Labute approximate surface area is 190 Å². The molecule has 0 fully saturated rings. The van der Waals surface area contributed by atoms with Crippen LogP contribution in [0.1, 0.15) is 25.0 Å². The van der Waals surface area contributed by atoms with E-state index in [1.54, 1.807) is 19.1 Å². The maximum Gasteiger partial charge on any atom is 0.408 e. The minimum Gasteiger partial charge on any atom is -0.466 e. The number of ether oxygens (including phenoxy) is 2. The Kier molecular flexibility index (Phi) is 9.75. The fraction of sp³-hybridized carbons (Fsp3) is 0.364. The van der Waals surface area contributed by atoms with Gasteiger partial charge in [-0.25, -0.2) is 4.79 Å². The number of alkyl carbamates (subject to hydrolysis) is 1. The number of rotatable bonds is 10. The summed E-state index contributed by atoms with van der Waals surface area (Å²) in [7, 11) is -3.94. The van der Waals surface area contributed by atoms with E-state index >= 15 is 0 Å². The van der Waals surface area contributed by atoms with Crippen molar-refractivity contribution in [3.05, 3.63) is 70.2 Å². The van der Waals surface area contributed by atoms with Gasteiger partial charge in [-0.1, -0.05) is 58.4 Å². The number of amides is 1. The van der Waals surface area contributed by atoms with Crippen molar-refractivity contribution in [2.75, 3.05) is 12.8 Å². The van der Waals surface area contributed by atoms with E-state index in [1.165, 1.54) is 6.92 Å². The molecule has 7 nitrogen and oxygen atoms in total. The first-order chi connectivity index (χ1) is 14.7. The molecule has 0 radical (unpaired) electrons. The topological polar surface area (TPSA) is 102 Å². The summed E-state index contributed by atoms with van der Waals surface area (Å²) in [6.07, 6.45) is -0.865. The summed E-state index contributed by atoms with van der Waals surface area (Å²) in [4.78, 5) is 35.1. The van der Waals surface area contributed by atoms with Gasteiger partial charge in [0.05, 0.1) is 12.5 Å². The first-order valence-electron chi connectivity index (χ1n) is 9.91. The Balaban J connectivity index is 1.99. The number of benzene rings is 2. The molecule has 0 saturated carbocycles. The quantitative estimate of drug-likeness (QED) is 0.353. The molecule has 3 atom stereocenters. The van der Waals surface area contributed by atoms with E-state index in [4.69, 9.17) is 9.47 Å². The van der Waals surface area contributed by atoms with Crippen molar-refractivity contribution in [2.45, 2.75) is 32.7 Å². The van der Waals surface area contributed by atoms with Gasteiger partial charge in [0.2, 0.25) is 7.37 Å². The molecule has 0 aromatic heterocycles. The summed E-state index contributed by atoms with van der Waals surface area (Å²) < 4.78 is 24.1. The third kappa shape index (κ3) is 8.48.